The Morgan fingerprint density at radius 2 is 1.86 bits per heavy atom. The monoisotopic (exact) mass is 310 g/mol. The van der Waals surface area contributed by atoms with E-state index in [1.54, 1.807) is 0 Å². The third kappa shape index (κ3) is 5.18. The summed E-state index contributed by atoms with van der Waals surface area (Å²) in [7, 11) is 0. The van der Waals surface area contributed by atoms with Crippen LogP contribution >= 0.6 is 0 Å². The minimum Gasteiger partial charge on any atom is -0.480 e. The molecule has 0 unspecified atom stereocenters. The third-order valence-corrected chi connectivity index (χ3v) is 3.73. The number of hydrogen-bond donors (Lipinski definition) is 2. The largest absolute Gasteiger partial charge is 0.480 e. The molecule has 1 amide bonds. The molecule has 0 bridgehead atoms. The van der Waals surface area contributed by atoms with Crippen LogP contribution in [0, 0.1) is 5.41 Å². The summed E-state index contributed by atoms with van der Waals surface area (Å²) in [6, 6.07) is 0. The SMILES string of the molecule is CCCC1(C(=O)N(CC(=O)O)CC(F)(F)F)CCNCC1. The zero-order valence-corrected chi connectivity index (χ0v) is 12.0. The summed E-state index contributed by atoms with van der Waals surface area (Å²) in [5, 5.41) is 11.8. The molecule has 1 aliphatic rings. The summed E-state index contributed by atoms with van der Waals surface area (Å²) in [5.41, 5.74) is -0.874. The van der Waals surface area contributed by atoms with Crippen LogP contribution in [0.3, 0.4) is 0 Å². The Morgan fingerprint density at radius 1 is 1.29 bits per heavy atom. The van der Waals surface area contributed by atoms with Crippen LogP contribution in [0.5, 0.6) is 0 Å². The summed E-state index contributed by atoms with van der Waals surface area (Å²) >= 11 is 0. The standard InChI is InChI=1S/C13H21F3N2O3/c1-2-3-12(4-6-17-7-5-12)11(21)18(8-10(19)20)9-13(14,15)16/h17H,2-9H2,1H3,(H,19,20). The lowest BCUT2D eigenvalue weighted by molar-refractivity contribution is -0.172. The Balaban J connectivity index is 2.96. The van der Waals surface area contributed by atoms with Crippen molar-refractivity contribution >= 4 is 11.9 Å². The third-order valence-electron chi connectivity index (χ3n) is 3.73. The number of nitrogens with one attached hydrogen (secondary N) is 1. The van der Waals surface area contributed by atoms with Crippen LogP contribution in [0.1, 0.15) is 32.6 Å². The average molecular weight is 310 g/mol. The number of aliphatic carboxylic acids is 1. The van der Waals surface area contributed by atoms with E-state index in [2.05, 4.69) is 5.32 Å². The van der Waals surface area contributed by atoms with E-state index in [0.29, 0.717) is 43.7 Å². The van der Waals surface area contributed by atoms with Crippen LogP contribution in [0.25, 0.3) is 0 Å². The highest BCUT2D eigenvalue weighted by atomic mass is 19.4. The smallest absolute Gasteiger partial charge is 0.406 e. The number of alkyl halides is 3. The van der Waals surface area contributed by atoms with Gasteiger partial charge in [0.25, 0.3) is 0 Å². The molecule has 0 spiro atoms. The van der Waals surface area contributed by atoms with Gasteiger partial charge >= 0.3 is 12.1 Å². The van der Waals surface area contributed by atoms with Crippen molar-refractivity contribution in [3.8, 4) is 0 Å². The molecule has 1 rings (SSSR count). The first kappa shape index (κ1) is 17.7. The number of carbonyl (C=O) groups is 2. The summed E-state index contributed by atoms with van der Waals surface area (Å²) in [4.78, 5) is 23.8. The Morgan fingerprint density at radius 3 is 2.29 bits per heavy atom. The fourth-order valence-electron chi connectivity index (χ4n) is 2.87. The van der Waals surface area contributed by atoms with Gasteiger partial charge in [-0.1, -0.05) is 13.3 Å². The van der Waals surface area contributed by atoms with Gasteiger partial charge in [0, 0.05) is 0 Å². The number of carbonyl (C=O) groups excluding carboxylic acids is 1. The van der Waals surface area contributed by atoms with Crippen molar-refractivity contribution in [3.63, 3.8) is 0 Å². The molecular weight excluding hydrogens is 289 g/mol. The lowest BCUT2D eigenvalue weighted by Crippen LogP contribution is -2.52. The average Bonchev–Trinajstić information content (AvgIpc) is 2.36. The number of hydrogen-bond acceptors (Lipinski definition) is 3. The molecule has 0 atom stereocenters. The fourth-order valence-corrected chi connectivity index (χ4v) is 2.87. The maximum atomic E-state index is 12.6. The van der Waals surface area contributed by atoms with Gasteiger partial charge in [0.05, 0.1) is 5.41 Å². The summed E-state index contributed by atoms with van der Waals surface area (Å²) < 4.78 is 37.8. The number of carboxylic acids is 1. The van der Waals surface area contributed by atoms with Crippen molar-refractivity contribution in [1.82, 2.24) is 10.2 Å². The Hall–Kier alpha value is -1.31. The quantitative estimate of drug-likeness (QED) is 0.782. The highest BCUT2D eigenvalue weighted by Crippen LogP contribution is 2.36. The van der Waals surface area contributed by atoms with Crippen molar-refractivity contribution in [2.45, 2.75) is 38.8 Å². The van der Waals surface area contributed by atoms with Gasteiger partial charge in [-0.25, -0.2) is 0 Å². The highest BCUT2D eigenvalue weighted by Gasteiger charge is 2.44. The highest BCUT2D eigenvalue weighted by molar-refractivity contribution is 5.86. The van der Waals surface area contributed by atoms with Gasteiger partial charge in [-0.3, -0.25) is 9.59 Å². The van der Waals surface area contributed by atoms with Gasteiger partial charge in [0.2, 0.25) is 5.91 Å². The molecule has 0 aliphatic carbocycles. The van der Waals surface area contributed by atoms with Crippen LogP contribution in [0.4, 0.5) is 13.2 Å². The van der Waals surface area contributed by atoms with Gasteiger partial charge in [-0.05, 0) is 32.4 Å². The zero-order valence-electron chi connectivity index (χ0n) is 12.0. The second-order valence-electron chi connectivity index (χ2n) is 5.45. The molecule has 1 saturated heterocycles. The molecule has 122 valence electrons. The number of piperidine rings is 1. The number of rotatable bonds is 6. The van der Waals surface area contributed by atoms with E-state index in [-0.39, 0.29) is 0 Å². The second-order valence-corrected chi connectivity index (χ2v) is 5.45. The summed E-state index contributed by atoms with van der Waals surface area (Å²) in [6.07, 6.45) is -2.59. The first-order chi connectivity index (χ1) is 9.70. The fraction of sp³-hybridized carbons (Fsp3) is 0.846. The Labute approximate surface area is 121 Å². The van der Waals surface area contributed by atoms with Crippen LogP contribution in [0.2, 0.25) is 0 Å². The van der Waals surface area contributed by atoms with Crippen LogP contribution in [-0.2, 0) is 9.59 Å². The van der Waals surface area contributed by atoms with E-state index in [0.717, 1.165) is 0 Å². The van der Waals surface area contributed by atoms with Crippen molar-refractivity contribution < 1.29 is 27.9 Å². The number of halogens is 3. The van der Waals surface area contributed by atoms with Crippen LogP contribution in [0.15, 0.2) is 0 Å². The van der Waals surface area contributed by atoms with Gasteiger partial charge in [-0.15, -0.1) is 0 Å². The normalized spacial score (nSPS) is 18.3. The van der Waals surface area contributed by atoms with E-state index in [4.69, 9.17) is 5.11 Å². The number of amides is 1. The predicted octanol–water partition coefficient (Wildman–Crippen LogP) is 1.63. The van der Waals surface area contributed by atoms with Gasteiger partial charge in [0.15, 0.2) is 0 Å². The predicted molar refractivity (Wildman–Crippen MR) is 69.7 cm³/mol. The molecule has 0 aromatic carbocycles. The van der Waals surface area contributed by atoms with Crippen molar-refractivity contribution in [1.29, 1.82) is 0 Å². The van der Waals surface area contributed by atoms with E-state index in [9.17, 15) is 22.8 Å². The molecule has 5 nitrogen and oxygen atoms in total. The van der Waals surface area contributed by atoms with Gasteiger partial charge < -0.3 is 15.3 Å². The van der Waals surface area contributed by atoms with Crippen molar-refractivity contribution in [2.75, 3.05) is 26.2 Å². The lowest BCUT2D eigenvalue weighted by Gasteiger charge is -2.39. The van der Waals surface area contributed by atoms with Crippen LogP contribution in [-0.4, -0.2) is 54.2 Å². The molecule has 21 heavy (non-hydrogen) atoms. The summed E-state index contributed by atoms with van der Waals surface area (Å²) in [6.45, 7) is 0.536. The van der Waals surface area contributed by atoms with Gasteiger partial charge in [-0.2, -0.15) is 13.2 Å². The first-order valence-corrected chi connectivity index (χ1v) is 6.99. The molecule has 0 aromatic heterocycles. The van der Waals surface area contributed by atoms with Gasteiger partial charge in [0.1, 0.15) is 13.1 Å². The molecule has 1 heterocycles. The van der Waals surface area contributed by atoms with E-state index in [1.165, 1.54) is 0 Å². The molecule has 0 saturated carbocycles. The first-order valence-electron chi connectivity index (χ1n) is 6.99. The Bertz CT molecular complexity index is 374. The molecule has 8 heteroatoms. The van der Waals surface area contributed by atoms with E-state index < -0.39 is 36.6 Å². The molecule has 0 aromatic rings. The zero-order chi connectivity index (χ0) is 16.1. The molecule has 1 fully saturated rings. The summed E-state index contributed by atoms with van der Waals surface area (Å²) in [5.74, 6) is -2.13. The minimum absolute atomic E-state index is 0.434. The lowest BCUT2D eigenvalue weighted by atomic mass is 9.74. The number of nitrogens with zero attached hydrogens (tertiary/aromatic N) is 1. The van der Waals surface area contributed by atoms with E-state index >= 15 is 0 Å². The topological polar surface area (TPSA) is 69.6 Å². The molecule has 1 aliphatic heterocycles. The second kappa shape index (κ2) is 7.11. The van der Waals surface area contributed by atoms with Crippen LogP contribution < -0.4 is 5.32 Å². The van der Waals surface area contributed by atoms with E-state index in [1.807, 2.05) is 6.92 Å². The maximum Gasteiger partial charge on any atom is 0.406 e. The molecule has 0 radical (unpaired) electrons. The maximum absolute atomic E-state index is 12.6. The minimum atomic E-state index is -4.61. The molecular formula is C13H21F3N2O3. The van der Waals surface area contributed by atoms with Crippen molar-refractivity contribution in [3.05, 3.63) is 0 Å². The Kier molecular flexibility index (Phi) is 6.00. The number of carboxylic acid groups (broad SMARTS) is 1. The van der Waals surface area contributed by atoms with Crippen molar-refractivity contribution in [2.24, 2.45) is 5.41 Å². The molecule has 2 N–H and O–H groups in total.